The van der Waals surface area contributed by atoms with Gasteiger partial charge in [-0.25, -0.2) is 0 Å². The van der Waals surface area contributed by atoms with Gasteiger partial charge in [0.25, 0.3) is 0 Å². The Hall–Kier alpha value is 0. The molecule has 0 aromatic heterocycles. The molecule has 0 heteroatoms. The molecule has 0 aromatic carbocycles. The normalized spacial score (nSPS) is 15.2. The predicted molar refractivity (Wildman–Crippen MR) is 73.5 cm³/mol. The maximum absolute atomic E-state index is 2.23. The fraction of sp³-hybridized carbons (Fsp3) is 1.00. The average molecular weight is 214 g/mol. The molecule has 0 atom stereocenters. The number of rotatable bonds is 3. The highest BCUT2D eigenvalue weighted by Gasteiger charge is 1.95. The SMILES string of the molecule is C1CCCCCC1.CC.CCCCCC. The largest absolute Gasteiger partial charge is 0.0683 e. The standard InChI is InChI=1S/C7H14.C6H14.C2H6/c1-2-4-6-7-5-3-1;1-3-5-6-4-2;1-2/h1-7H2;3-6H2,1-2H3;1-2H3. The first-order chi connectivity index (χ1) is 7.41. The third-order valence-electron chi connectivity index (χ3n) is 2.71. The minimum absolute atomic E-state index is 1.36. The van der Waals surface area contributed by atoms with E-state index >= 15 is 0 Å². The Labute approximate surface area is 98.9 Å². The predicted octanol–water partition coefficient (Wildman–Crippen LogP) is 6.34. The first-order valence-electron chi connectivity index (χ1n) is 7.41. The van der Waals surface area contributed by atoms with Crippen molar-refractivity contribution in [2.24, 2.45) is 0 Å². The third-order valence-corrected chi connectivity index (χ3v) is 2.71. The highest BCUT2D eigenvalue weighted by Crippen LogP contribution is 2.15. The maximum atomic E-state index is 2.23. The molecule has 94 valence electrons. The summed E-state index contributed by atoms with van der Waals surface area (Å²) >= 11 is 0. The topological polar surface area (TPSA) is 0 Å². The van der Waals surface area contributed by atoms with Gasteiger partial charge in [0.1, 0.15) is 0 Å². The molecule has 0 bridgehead atoms. The van der Waals surface area contributed by atoms with Gasteiger partial charge in [0.15, 0.2) is 0 Å². The molecule has 0 unspecified atom stereocenters. The van der Waals surface area contributed by atoms with E-state index in [1.807, 2.05) is 13.8 Å². The molecule has 1 saturated carbocycles. The lowest BCUT2D eigenvalue weighted by atomic mass is 10.2. The van der Waals surface area contributed by atoms with Crippen molar-refractivity contribution < 1.29 is 0 Å². The Bertz CT molecular complexity index is 52.5. The molecule has 0 radical (unpaired) electrons. The van der Waals surface area contributed by atoms with Crippen molar-refractivity contribution in [1.29, 1.82) is 0 Å². The Kier molecular flexibility index (Phi) is 22.7. The molecule has 0 spiro atoms. The first kappa shape index (κ1) is 17.4. The summed E-state index contributed by atoms with van der Waals surface area (Å²) in [6.45, 7) is 8.46. The van der Waals surface area contributed by atoms with Gasteiger partial charge in [0.2, 0.25) is 0 Å². The molecule has 0 amide bonds. The van der Waals surface area contributed by atoms with Gasteiger partial charge < -0.3 is 0 Å². The minimum Gasteiger partial charge on any atom is -0.0683 e. The summed E-state index contributed by atoms with van der Waals surface area (Å²) in [4.78, 5) is 0. The van der Waals surface area contributed by atoms with Crippen LogP contribution in [0.15, 0.2) is 0 Å². The van der Waals surface area contributed by atoms with Crippen molar-refractivity contribution >= 4 is 0 Å². The lowest BCUT2D eigenvalue weighted by molar-refractivity contribution is 0.702. The molecule has 1 aliphatic carbocycles. The van der Waals surface area contributed by atoms with Crippen molar-refractivity contribution in [2.75, 3.05) is 0 Å². The van der Waals surface area contributed by atoms with Crippen LogP contribution < -0.4 is 0 Å². The summed E-state index contributed by atoms with van der Waals surface area (Å²) in [6, 6.07) is 0. The molecule has 0 N–H and O–H groups in total. The van der Waals surface area contributed by atoms with E-state index in [1.54, 1.807) is 0 Å². The molecular weight excluding hydrogens is 180 g/mol. The molecule has 0 aliphatic heterocycles. The fourth-order valence-corrected chi connectivity index (χ4v) is 1.74. The van der Waals surface area contributed by atoms with Crippen LogP contribution in [0.2, 0.25) is 0 Å². The van der Waals surface area contributed by atoms with Crippen molar-refractivity contribution in [3.63, 3.8) is 0 Å². The Morgan fingerprint density at radius 3 is 0.867 bits per heavy atom. The van der Waals surface area contributed by atoms with E-state index in [9.17, 15) is 0 Å². The van der Waals surface area contributed by atoms with Gasteiger partial charge in [-0.3, -0.25) is 0 Å². The summed E-state index contributed by atoms with van der Waals surface area (Å²) in [7, 11) is 0. The summed E-state index contributed by atoms with van der Waals surface area (Å²) in [5.41, 5.74) is 0. The maximum Gasteiger partial charge on any atom is -0.0533 e. The Balaban J connectivity index is 0. The van der Waals surface area contributed by atoms with E-state index in [4.69, 9.17) is 0 Å². The van der Waals surface area contributed by atoms with Gasteiger partial charge >= 0.3 is 0 Å². The van der Waals surface area contributed by atoms with E-state index in [1.165, 1.54) is 70.6 Å². The fourth-order valence-electron chi connectivity index (χ4n) is 1.74. The van der Waals surface area contributed by atoms with Gasteiger partial charge in [-0.15, -0.1) is 0 Å². The highest BCUT2D eigenvalue weighted by atomic mass is 14.0. The molecule has 1 aliphatic rings. The lowest BCUT2D eigenvalue weighted by Gasteiger charge is -1.86. The second-order valence-corrected chi connectivity index (χ2v) is 4.18. The summed E-state index contributed by atoms with van der Waals surface area (Å²) in [6.07, 6.45) is 16.0. The van der Waals surface area contributed by atoms with Gasteiger partial charge in [-0.2, -0.15) is 0 Å². The van der Waals surface area contributed by atoms with Crippen molar-refractivity contribution in [3.8, 4) is 0 Å². The number of hydrogen-bond acceptors (Lipinski definition) is 0. The molecule has 0 aromatic rings. The van der Waals surface area contributed by atoms with Crippen LogP contribution in [0.4, 0.5) is 0 Å². The van der Waals surface area contributed by atoms with Crippen LogP contribution in [-0.4, -0.2) is 0 Å². The molecule has 1 fully saturated rings. The van der Waals surface area contributed by atoms with E-state index in [0.717, 1.165) is 0 Å². The molecule has 1 rings (SSSR count). The van der Waals surface area contributed by atoms with Crippen molar-refractivity contribution in [2.45, 2.75) is 98.3 Å². The second kappa shape index (κ2) is 19.6. The van der Waals surface area contributed by atoms with Crippen LogP contribution in [0, 0.1) is 0 Å². The molecule has 15 heavy (non-hydrogen) atoms. The van der Waals surface area contributed by atoms with Crippen LogP contribution in [0.1, 0.15) is 98.3 Å². The van der Waals surface area contributed by atoms with Crippen LogP contribution in [0.3, 0.4) is 0 Å². The monoisotopic (exact) mass is 214 g/mol. The smallest absolute Gasteiger partial charge is 0.0533 e. The van der Waals surface area contributed by atoms with Gasteiger partial charge in [-0.05, 0) is 0 Å². The van der Waals surface area contributed by atoms with E-state index in [2.05, 4.69) is 13.8 Å². The minimum atomic E-state index is 1.36. The molecule has 0 heterocycles. The van der Waals surface area contributed by atoms with Crippen LogP contribution in [-0.2, 0) is 0 Å². The zero-order valence-electron chi connectivity index (χ0n) is 11.8. The van der Waals surface area contributed by atoms with Gasteiger partial charge in [-0.1, -0.05) is 98.3 Å². The summed E-state index contributed by atoms with van der Waals surface area (Å²) in [5, 5.41) is 0. The van der Waals surface area contributed by atoms with Crippen molar-refractivity contribution in [1.82, 2.24) is 0 Å². The van der Waals surface area contributed by atoms with Crippen LogP contribution in [0.25, 0.3) is 0 Å². The van der Waals surface area contributed by atoms with E-state index < -0.39 is 0 Å². The second-order valence-electron chi connectivity index (χ2n) is 4.18. The zero-order chi connectivity index (χ0) is 11.8. The van der Waals surface area contributed by atoms with E-state index in [0.29, 0.717) is 0 Å². The van der Waals surface area contributed by atoms with Crippen LogP contribution >= 0.6 is 0 Å². The summed E-state index contributed by atoms with van der Waals surface area (Å²) < 4.78 is 0. The zero-order valence-corrected chi connectivity index (χ0v) is 11.8. The quantitative estimate of drug-likeness (QED) is 0.379. The lowest BCUT2D eigenvalue weighted by Crippen LogP contribution is -1.66. The van der Waals surface area contributed by atoms with Gasteiger partial charge in [0, 0.05) is 0 Å². The Morgan fingerprint density at radius 2 is 0.733 bits per heavy atom. The highest BCUT2D eigenvalue weighted by molar-refractivity contribution is 4.51. The Morgan fingerprint density at radius 1 is 0.533 bits per heavy atom. The number of hydrogen-bond donors (Lipinski definition) is 0. The molecule has 0 saturated heterocycles. The first-order valence-corrected chi connectivity index (χ1v) is 7.41. The molecular formula is C15H34. The van der Waals surface area contributed by atoms with Crippen LogP contribution in [0.5, 0.6) is 0 Å². The molecule has 0 nitrogen and oxygen atoms in total. The van der Waals surface area contributed by atoms with Crippen molar-refractivity contribution in [3.05, 3.63) is 0 Å². The number of unbranched alkanes of at least 4 members (excludes halogenated alkanes) is 3. The average Bonchev–Trinajstić information content (AvgIpc) is 2.62. The van der Waals surface area contributed by atoms with Gasteiger partial charge in [0.05, 0.1) is 0 Å². The summed E-state index contributed by atoms with van der Waals surface area (Å²) in [5.74, 6) is 0. The third kappa shape index (κ3) is 20.2. The van der Waals surface area contributed by atoms with E-state index in [-0.39, 0.29) is 0 Å².